The van der Waals surface area contributed by atoms with Gasteiger partial charge in [-0.15, -0.1) is 0 Å². The van der Waals surface area contributed by atoms with Crippen molar-refractivity contribution < 1.29 is 10.0 Å². The number of carbonyl (C=O) groups excluding carboxylic acids is 1. The van der Waals surface area contributed by atoms with Gasteiger partial charge in [0.25, 0.3) is 0 Å². The summed E-state index contributed by atoms with van der Waals surface area (Å²) in [6.45, 7) is 4.14. The lowest BCUT2D eigenvalue weighted by Crippen LogP contribution is -2.58. The molecule has 20 heavy (non-hydrogen) atoms. The van der Waals surface area contributed by atoms with Crippen LogP contribution in [0.4, 0.5) is 0 Å². The van der Waals surface area contributed by atoms with E-state index < -0.39 is 5.54 Å². The molecule has 1 rings (SSSR count). The Bertz CT molecular complexity index is 334. The van der Waals surface area contributed by atoms with E-state index in [0.29, 0.717) is 12.3 Å². The van der Waals surface area contributed by atoms with E-state index >= 15 is 0 Å². The Balaban J connectivity index is 2.79. The monoisotopic (exact) mass is 283 g/mol. The first-order chi connectivity index (χ1) is 9.54. The summed E-state index contributed by atoms with van der Waals surface area (Å²) < 4.78 is 0. The van der Waals surface area contributed by atoms with Gasteiger partial charge in [-0.3, -0.25) is 4.79 Å². The van der Waals surface area contributed by atoms with E-state index in [9.17, 15) is 4.79 Å². The highest BCUT2D eigenvalue weighted by molar-refractivity contribution is 5.93. The van der Waals surface area contributed by atoms with Crippen molar-refractivity contribution in [2.45, 2.75) is 77.2 Å². The molecule has 4 N–H and O–H groups in total. The van der Waals surface area contributed by atoms with E-state index in [1.54, 1.807) is 0 Å². The van der Waals surface area contributed by atoms with Crippen molar-refractivity contribution >= 4 is 11.7 Å². The average molecular weight is 283 g/mol. The summed E-state index contributed by atoms with van der Waals surface area (Å²) in [5.41, 5.74) is 5.25. The Morgan fingerprint density at radius 1 is 1.30 bits per heavy atom. The lowest BCUT2D eigenvalue weighted by Gasteiger charge is -2.35. The largest absolute Gasteiger partial charge is 0.409 e. The number of hydrogen-bond acceptors (Lipinski definition) is 3. The number of oxime groups is 1. The molecule has 1 atom stereocenters. The van der Waals surface area contributed by atoms with Crippen molar-refractivity contribution in [1.29, 1.82) is 0 Å². The molecular formula is C15H29N3O2. The highest BCUT2D eigenvalue weighted by Crippen LogP contribution is 2.27. The minimum Gasteiger partial charge on any atom is -0.409 e. The fourth-order valence-corrected chi connectivity index (χ4v) is 2.83. The van der Waals surface area contributed by atoms with E-state index in [2.05, 4.69) is 24.3 Å². The van der Waals surface area contributed by atoms with Gasteiger partial charge in [-0.25, -0.2) is 0 Å². The van der Waals surface area contributed by atoms with Gasteiger partial charge in [0.2, 0.25) is 5.91 Å². The molecule has 0 saturated heterocycles. The quantitative estimate of drug-likeness (QED) is 0.314. The first kappa shape index (κ1) is 16.8. The zero-order chi connectivity index (χ0) is 15.0. The SMILES string of the molecule is CCC(C)CC(=O)NC1(C(N)=NO)CCCCCCC1. The van der Waals surface area contributed by atoms with E-state index in [1.165, 1.54) is 6.42 Å². The first-order valence-corrected chi connectivity index (χ1v) is 7.83. The molecule has 5 nitrogen and oxygen atoms in total. The molecule has 0 aliphatic heterocycles. The van der Waals surface area contributed by atoms with Gasteiger partial charge in [0.15, 0.2) is 5.84 Å². The van der Waals surface area contributed by atoms with Crippen molar-refractivity contribution in [3.05, 3.63) is 0 Å². The van der Waals surface area contributed by atoms with Crippen LogP contribution in [0.1, 0.15) is 71.6 Å². The van der Waals surface area contributed by atoms with Crippen LogP contribution in [0.15, 0.2) is 5.16 Å². The van der Waals surface area contributed by atoms with Gasteiger partial charge < -0.3 is 16.3 Å². The maximum atomic E-state index is 12.2. The van der Waals surface area contributed by atoms with Crippen LogP contribution in [0.5, 0.6) is 0 Å². The lowest BCUT2D eigenvalue weighted by atomic mass is 9.82. The summed E-state index contributed by atoms with van der Waals surface area (Å²) in [4.78, 5) is 12.2. The zero-order valence-electron chi connectivity index (χ0n) is 12.8. The third kappa shape index (κ3) is 4.69. The van der Waals surface area contributed by atoms with Gasteiger partial charge in [-0.2, -0.15) is 0 Å². The van der Waals surface area contributed by atoms with Crippen LogP contribution in [0.3, 0.4) is 0 Å². The summed E-state index contributed by atoms with van der Waals surface area (Å²) in [6, 6.07) is 0. The normalized spacial score (nSPS) is 21.6. The van der Waals surface area contributed by atoms with Crippen molar-refractivity contribution in [2.24, 2.45) is 16.8 Å². The molecule has 0 aromatic carbocycles. The number of amidine groups is 1. The standard InChI is InChI=1S/C15H29N3O2/c1-3-12(2)11-13(19)17-15(14(16)18-20)9-7-5-4-6-8-10-15/h12,20H,3-11H2,1-2H3,(H2,16,18)(H,17,19). The summed E-state index contributed by atoms with van der Waals surface area (Å²) >= 11 is 0. The number of hydrogen-bond donors (Lipinski definition) is 3. The summed E-state index contributed by atoms with van der Waals surface area (Å²) in [5, 5.41) is 15.3. The maximum Gasteiger partial charge on any atom is 0.221 e. The first-order valence-electron chi connectivity index (χ1n) is 7.83. The van der Waals surface area contributed by atoms with E-state index in [-0.39, 0.29) is 11.7 Å². The highest BCUT2D eigenvalue weighted by atomic mass is 16.4. The predicted octanol–water partition coefficient (Wildman–Crippen LogP) is 2.77. The van der Waals surface area contributed by atoms with Crippen LogP contribution in [0, 0.1) is 5.92 Å². The second-order valence-electron chi connectivity index (χ2n) is 6.10. The average Bonchev–Trinajstić information content (AvgIpc) is 2.40. The number of nitrogens with two attached hydrogens (primary N) is 1. The Morgan fingerprint density at radius 3 is 2.35 bits per heavy atom. The van der Waals surface area contributed by atoms with Crippen LogP contribution in [0.25, 0.3) is 0 Å². The van der Waals surface area contributed by atoms with Crippen LogP contribution >= 0.6 is 0 Å². The maximum absolute atomic E-state index is 12.2. The highest BCUT2D eigenvalue weighted by Gasteiger charge is 2.36. The Kier molecular flexibility index (Phi) is 6.82. The summed E-state index contributed by atoms with van der Waals surface area (Å²) in [6.07, 6.45) is 8.50. The molecule has 1 unspecified atom stereocenters. The van der Waals surface area contributed by atoms with Gasteiger partial charge in [-0.1, -0.05) is 57.5 Å². The van der Waals surface area contributed by atoms with Gasteiger partial charge in [0.05, 0.1) is 0 Å². The fourth-order valence-electron chi connectivity index (χ4n) is 2.83. The Hall–Kier alpha value is -1.26. The van der Waals surface area contributed by atoms with Gasteiger partial charge in [0.1, 0.15) is 5.54 Å². The second kappa shape index (κ2) is 8.12. The second-order valence-corrected chi connectivity index (χ2v) is 6.10. The van der Waals surface area contributed by atoms with Gasteiger partial charge in [-0.05, 0) is 18.8 Å². The van der Waals surface area contributed by atoms with Crippen molar-refractivity contribution in [2.75, 3.05) is 0 Å². The summed E-state index contributed by atoms with van der Waals surface area (Å²) in [7, 11) is 0. The minimum atomic E-state index is -0.653. The molecule has 0 aromatic heterocycles. The smallest absolute Gasteiger partial charge is 0.221 e. The molecule has 0 heterocycles. The minimum absolute atomic E-state index is 0.00604. The molecule has 116 valence electrons. The third-order valence-electron chi connectivity index (χ3n) is 4.41. The molecule has 0 spiro atoms. The van der Waals surface area contributed by atoms with E-state index in [0.717, 1.165) is 44.9 Å². The fraction of sp³-hybridized carbons (Fsp3) is 0.867. The molecule has 5 heteroatoms. The van der Waals surface area contributed by atoms with Gasteiger partial charge >= 0.3 is 0 Å². The number of rotatable bonds is 5. The van der Waals surface area contributed by atoms with Crippen LogP contribution < -0.4 is 11.1 Å². The number of carbonyl (C=O) groups is 1. The molecule has 1 saturated carbocycles. The predicted molar refractivity (Wildman–Crippen MR) is 80.7 cm³/mol. The van der Waals surface area contributed by atoms with Crippen LogP contribution in [-0.4, -0.2) is 22.5 Å². The van der Waals surface area contributed by atoms with Crippen molar-refractivity contribution in [1.82, 2.24) is 5.32 Å². The molecule has 1 aliphatic carbocycles. The van der Waals surface area contributed by atoms with E-state index in [4.69, 9.17) is 10.9 Å². The topological polar surface area (TPSA) is 87.7 Å². The summed E-state index contributed by atoms with van der Waals surface area (Å²) in [5.74, 6) is 0.510. The number of nitrogens with one attached hydrogen (secondary N) is 1. The number of amides is 1. The molecule has 1 fully saturated rings. The molecule has 1 aliphatic rings. The third-order valence-corrected chi connectivity index (χ3v) is 4.41. The Labute approximate surface area is 122 Å². The van der Waals surface area contributed by atoms with Crippen LogP contribution in [0.2, 0.25) is 0 Å². The molecule has 0 aromatic rings. The number of nitrogens with zero attached hydrogens (tertiary/aromatic N) is 1. The zero-order valence-corrected chi connectivity index (χ0v) is 12.8. The Morgan fingerprint density at radius 2 is 1.85 bits per heavy atom. The van der Waals surface area contributed by atoms with Gasteiger partial charge in [0, 0.05) is 6.42 Å². The molecule has 1 amide bonds. The van der Waals surface area contributed by atoms with Crippen molar-refractivity contribution in [3.8, 4) is 0 Å². The molecular weight excluding hydrogens is 254 g/mol. The van der Waals surface area contributed by atoms with E-state index in [1.807, 2.05) is 0 Å². The van der Waals surface area contributed by atoms with Crippen molar-refractivity contribution in [3.63, 3.8) is 0 Å². The molecule has 0 bridgehead atoms. The molecule has 0 radical (unpaired) electrons. The lowest BCUT2D eigenvalue weighted by molar-refractivity contribution is -0.123. The van der Waals surface area contributed by atoms with Crippen LogP contribution in [-0.2, 0) is 4.79 Å².